The van der Waals surface area contributed by atoms with E-state index in [0.717, 1.165) is 31.9 Å². The van der Waals surface area contributed by atoms with E-state index in [1.807, 2.05) is 16.9 Å². The number of hydrogen-bond donors (Lipinski definition) is 0. The predicted octanol–water partition coefficient (Wildman–Crippen LogP) is 3.09. The molecule has 0 amide bonds. The van der Waals surface area contributed by atoms with Crippen molar-refractivity contribution in [2.75, 3.05) is 20.2 Å². The van der Waals surface area contributed by atoms with Crippen LogP contribution in [-0.4, -0.2) is 34.9 Å². The fourth-order valence-electron chi connectivity index (χ4n) is 2.84. The lowest BCUT2D eigenvalue weighted by atomic mass is 10.1. The normalized spacial score (nSPS) is 15.6. The van der Waals surface area contributed by atoms with Crippen molar-refractivity contribution in [3.63, 3.8) is 0 Å². The maximum Gasteiger partial charge on any atom is 0.123 e. The summed E-state index contributed by atoms with van der Waals surface area (Å²) in [5, 5.41) is 4.28. The van der Waals surface area contributed by atoms with Crippen LogP contribution < -0.4 is 4.74 Å². The van der Waals surface area contributed by atoms with Crippen LogP contribution in [0.25, 0.3) is 0 Å². The molecule has 2 aromatic rings. The van der Waals surface area contributed by atoms with E-state index in [1.54, 1.807) is 13.3 Å². The van der Waals surface area contributed by atoms with Crippen molar-refractivity contribution < 1.29 is 4.74 Å². The quantitative estimate of drug-likeness (QED) is 0.795. The van der Waals surface area contributed by atoms with Crippen LogP contribution >= 0.6 is 0 Å². The van der Waals surface area contributed by atoms with Crippen LogP contribution in [0.4, 0.5) is 0 Å². The van der Waals surface area contributed by atoms with Crippen molar-refractivity contribution >= 4 is 0 Å². The van der Waals surface area contributed by atoms with E-state index in [-0.39, 0.29) is 0 Å². The van der Waals surface area contributed by atoms with Crippen molar-refractivity contribution in [2.24, 2.45) is 0 Å². The van der Waals surface area contributed by atoms with Crippen molar-refractivity contribution in [1.29, 1.82) is 0 Å². The molecule has 0 spiro atoms. The van der Waals surface area contributed by atoms with Crippen LogP contribution in [0.2, 0.25) is 0 Å². The van der Waals surface area contributed by atoms with Gasteiger partial charge in [-0.15, -0.1) is 0 Å². The Balaban J connectivity index is 1.75. The van der Waals surface area contributed by atoms with Gasteiger partial charge in [0, 0.05) is 37.6 Å². The topological polar surface area (TPSA) is 30.3 Å². The van der Waals surface area contributed by atoms with Crippen LogP contribution in [0.15, 0.2) is 48.3 Å². The third-order valence-electron chi connectivity index (χ3n) is 4.16. The molecule has 0 N–H and O–H groups in total. The van der Waals surface area contributed by atoms with Crippen LogP contribution in [0.5, 0.6) is 5.75 Å². The van der Waals surface area contributed by atoms with Crippen LogP contribution in [-0.2, 0) is 13.1 Å². The SMILES string of the molecule is COc1ccc(CN2CC=C(C)CC2)cc1Cn1cccn1. The van der Waals surface area contributed by atoms with Gasteiger partial charge in [-0.3, -0.25) is 9.58 Å². The summed E-state index contributed by atoms with van der Waals surface area (Å²) in [5.74, 6) is 0.925. The molecule has 3 rings (SSSR count). The van der Waals surface area contributed by atoms with Gasteiger partial charge in [0.1, 0.15) is 5.75 Å². The Kier molecular flexibility index (Phi) is 4.59. The fraction of sp³-hybridized carbons (Fsp3) is 0.389. The second kappa shape index (κ2) is 6.79. The van der Waals surface area contributed by atoms with Crippen molar-refractivity contribution in [3.05, 3.63) is 59.4 Å². The zero-order valence-electron chi connectivity index (χ0n) is 13.3. The molecule has 0 radical (unpaired) electrons. The van der Waals surface area contributed by atoms with Crippen molar-refractivity contribution in [2.45, 2.75) is 26.4 Å². The number of methoxy groups -OCH3 is 1. The van der Waals surface area contributed by atoms with E-state index >= 15 is 0 Å². The Morgan fingerprint density at radius 1 is 1.27 bits per heavy atom. The molecular weight excluding hydrogens is 274 g/mol. The van der Waals surface area contributed by atoms with E-state index in [1.165, 1.54) is 23.1 Å². The largest absolute Gasteiger partial charge is 0.496 e. The van der Waals surface area contributed by atoms with Gasteiger partial charge >= 0.3 is 0 Å². The average molecular weight is 297 g/mol. The Morgan fingerprint density at radius 3 is 2.86 bits per heavy atom. The van der Waals surface area contributed by atoms with E-state index in [2.05, 4.69) is 41.2 Å². The van der Waals surface area contributed by atoms with Gasteiger partial charge in [0.05, 0.1) is 13.7 Å². The lowest BCUT2D eigenvalue weighted by Crippen LogP contribution is -2.27. The molecule has 1 aromatic heterocycles. The molecule has 0 atom stereocenters. The molecule has 4 heteroatoms. The van der Waals surface area contributed by atoms with Gasteiger partial charge in [0.2, 0.25) is 0 Å². The van der Waals surface area contributed by atoms with E-state index < -0.39 is 0 Å². The summed E-state index contributed by atoms with van der Waals surface area (Å²) >= 11 is 0. The van der Waals surface area contributed by atoms with Gasteiger partial charge in [-0.1, -0.05) is 17.7 Å². The standard InChI is InChI=1S/C18H23N3O/c1-15-6-10-20(11-7-15)13-16-4-5-18(22-2)17(12-16)14-21-9-3-8-19-21/h3-6,8-9,12H,7,10-11,13-14H2,1-2H3. The smallest absolute Gasteiger partial charge is 0.123 e. The maximum atomic E-state index is 5.49. The third-order valence-corrected chi connectivity index (χ3v) is 4.16. The van der Waals surface area contributed by atoms with Gasteiger partial charge in [-0.05, 0) is 37.1 Å². The van der Waals surface area contributed by atoms with E-state index in [4.69, 9.17) is 4.74 Å². The van der Waals surface area contributed by atoms with Crippen LogP contribution in [0.1, 0.15) is 24.5 Å². The third kappa shape index (κ3) is 3.57. The molecule has 0 saturated heterocycles. The average Bonchev–Trinajstić information content (AvgIpc) is 3.03. The van der Waals surface area contributed by atoms with Gasteiger partial charge in [0.15, 0.2) is 0 Å². The first-order valence-corrected chi connectivity index (χ1v) is 7.76. The zero-order chi connectivity index (χ0) is 15.4. The summed E-state index contributed by atoms with van der Waals surface area (Å²) in [5.41, 5.74) is 4.01. The summed E-state index contributed by atoms with van der Waals surface area (Å²) < 4.78 is 7.41. The highest BCUT2D eigenvalue weighted by molar-refractivity contribution is 5.37. The van der Waals surface area contributed by atoms with Gasteiger partial charge < -0.3 is 4.74 Å². The molecule has 0 fully saturated rings. The van der Waals surface area contributed by atoms with E-state index in [9.17, 15) is 0 Å². The number of rotatable bonds is 5. The Morgan fingerprint density at radius 2 is 2.18 bits per heavy atom. The molecule has 2 heterocycles. The van der Waals surface area contributed by atoms with E-state index in [0.29, 0.717) is 0 Å². The molecule has 1 aliphatic rings. The molecule has 0 unspecified atom stereocenters. The summed E-state index contributed by atoms with van der Waals surface area (Å²) in [7, 11) is 1.72. The fourth-order valence-corrected chi connectivity index (χ4v) is 2.84. The number of benzene rings is 1. The minimum atomic E-state index is 0.739. The summed E-state index contributed by atoms with van der Waals surface area (Å²) in [6.07, 6.45) is 7.29. The Hall–Kier alpha value is -2.07. The maximum absolute atomic E-state index is 5.49. The molecular formula is C18H23N3O. The van der Waals surface area contributed by atoms with Gasteiger partial charge in [0.25, 0.3) is 0 Å². The second-order valence-electron chi connectivity index (χ2n) is 5.89. The zero-order valence-corrected chi connectivity index (χ0v) is 13.3. The molecule has 4 nitrogen and oxygen atoms in total. The molecule has 0 saturated carbocycles. The van der Waals surface area contributed by atoms with Gasteiger partial charge in [-0.25, -0.2) is 0 Å². The molecule has 22 heavy (non-hydrogen) atoms. The van der Waals surface area contributed by atoms with Crippen LogP contribution in [0, 0.1) is 0 Å². The van der Waals surface area contributed by atoms with Crippen LogP contribution in [0.3, 0.4) is 0 Å². The molecule has 1 aromatic carbocycles. The first-order chi connectivity index (χ1) is 10.7. The molecule has 0 aliphatic carbocycles. The Bertz CT molecular complexity index is 646. The number of ether oxygens (including phenoxy) is 1. The molecule has 116 valence electrons. The van der Waals surface area contributed by atoms with Crippen molar-refractivity contribution in [1.82, 2.24) is 14.7 Å². The summed E-state index contributed by atoms with van der Waals surface area (Å²) in [4.78, 5) is 2.48. The lowest BCUT2D eigenvalue weighted by molar-refractivity contribution is 0.286. The number of nitrogens with zero attached hydrogens (tertiary/aromatic N) is 3. The Labute approximate surface area is 132 Å². The monoisotopic (exact) mass is 297 g/mol. The minimum Gasteiger partial charge on any atom is -0.496 e. The highest BCUT2D eigenvalue weighted by atomic mass is 16.5. The number of aromatic nitrogens is 2. The van der Waals surface area contributed by atoms with Gasteiger partial charge in [-0.2, -0.15) is 5.10 Å². The minimum absolute atomic E-state index is 0.739. The highest BCUT2D eigenvalue weighted by Gasteiger charge is 2.11. The summed E-state index contributed by atoms with van der Waals surface area (Å²) in [6, 6.07) is 8.42. The summed E-state index contributed by atoms with van der Waals surface area (Å²) in [6.45, 7) is 6.13. The van der Waals surface area contributed by atoms with Crippen molar-refractivity contribution in [3.8, 4) is 5.75 Å². The molecule has 1 aliphatic heterocycles. The lowest BCUT2D eigenvalue weighted by Gasteiger charge is -2.25. The first kappa shape index (κ1) is 14.9. The molecule has 0 bridgehead atoms. The first-order valence-electron chi connectivity index (χ1n) is 7.76. The predicted molar refractivity (Wildman–Crippen MR) is 88.0 cm³/mol. The number of hydrogen-bond acceptors (Lipinski definition) is 3. The second-order valence-corrected chi connectivity index (χ2v) is 5.89. The highest BCUT2D eigenvalue weighted by Crippen LogP contribution is 2.22.